The summed E-state index contributed by atoms with van der Waals surface area (Å²) in [6.45, 7) is 2.10. The van der Waals surface area contributed by atoms with Crippen molar-refractivity contribution in [2.45, 2.75) is 84.5 Å². The van der Waals surface area contributed by atoms with Gasteiger partial charge in [0.25, 0.3) is 0 Å². The van der Waals surface area contributed by atoms with Gasteiger partial charge in [0.2, 0.25) is 0 Å². The molecule has 3 aromatic rings. The summed E-state index contributed by atoms with van der Waals surface area (Å²) in [6.07, 6.45) is 17.6. The molecule has 0 radical (unpaired) electrons. The third kappa shape index (κ3) is 6.01. The van der Waals surface area contributed by atoms with Crippen LogP contribution in [0.1, 0.15) is 84.5 Å². The minimum absolute atomic E-state index is 1.20. The van der Waals surface area contributed by atoms with Crippen molar-refractivity contribution in [1.29, 1.82) is 0 Å². The maximum absolute atomic E-state index is 2.58. The van der Waals surface area contributed by atoms with E-state index in [0.717, 1.165) is 0 Å². The number of unbranched alkanes of at least 4 members (excludes halogenated alkanes) is 9. The Morgan fingerprint density at radius 3 is 1.09 bits per heavy atom. The van der Waals surface area contributed by atoms with E-state index in [1.807, 2.05) is 0 Å². The Bertz CT molecular complexity index is 817. The molecule has 0 bridgehead atoms. The van der Waals surface area contributed by atoms with Gasteiger partial charge < -0.3 is 0 Å². The summed E-state index contributed by atoms with van der Waals surface area (Å²) in [7, 11) is 0. The Labute approximate surface area is 210 Å². The van der Waals surface area contributed by atoms with Gasteiger partial charge in [-0.15, -0.1) is 0 Å². The van der Waals surface area contributed by atoms with E-state index >= 15 is 0 Å². The van der Waals surface area contributed by atoms with Gasteiger partial charge in [-0.2, -0.15) is 0 Å². The Hall–Kier alpha value is -1.91. The molecule has 3 rings (SSSR count). The molecule has 3 aromatic carbocycles. The first-order valence-electron chi connectivity index (χ1n) is 13.9. The molecule has 0 aliphatic rings. The molecule has 0 spiro atoms. The van der Waals surface area contributed by atoms with Gasteiger partial charge in [-0.1, -0.05) is 0 Å². The number of hydrogen-bond acceptors (Lipinski definition) is 0. The van der Waals surface area contributed by atoms with Gasteiger partial charge in [0.05, 0.1) is 0 Å². The van der Waals surface area contributed by atoms with Crippen molar-refractivity contribution in [2.75, 3.05) is 12.3 Å². The quantitative estimate of drug-likeness (QED) is 0.144. The molecule has 0 N–H and O–H groups in total. The molecule has 0 fully saturated rings. The van der Waals surface area contributed by atoms with E-state index in [1.54, 1.807) is 15.9 Å². The molecular formula is C33H47P. The van der Waals surface area contributed by atoms with Gasteiger partial charge in [-0.25, -0.2) is 0 Å². The molecule has 0 saturated heterocycles. The normalized spacial score (nSPS) is 12.8. The summed E-state index contributed by atoms with van der Waals surface area (Å²) < 4.78 is 0. The Kier molecular flexibility index (Phi) is 10.9. The molecule has 0 atom stereocenters. The predicted octanol–water partition coefficient (Wildman–Crippen LogP) is 8.85. The predicted molar refractivity (Wildman–Crippen MR) is 157 cm³/mol. The standard InChI is InChI=1S/C33H47P/c1-3-5-6-7-8-9-10-11-12-22-30-34(29-4-2,31-23-16-13-17-24-31,32-25-18-14-19-26-32)33-27-20-15-21-28-33/h13-21,23-28H,3-12,22,29-30H2,1-2H3. The van der Waals surface area contributed by atoms with Gasteiger partial charge in [0, 0.05) is 0 Å². The van der Waals surface area contributed by atoms with Crippen LogP contribution in [0, 0.1) is 0 Å². The van der Waals surface area contributed by atoms with Gasteiger partial charge in [-0.05, 0) is 0 Å². The Morgan fingerprint density at radius 1 is 0.382 bits per heavy atom. The SMILES string of the molecule is CCCCCCCCCCCCP(CCC)(c1ccccc1)(c1ccccc1)c1ccccc1. The molecule has 34 heavy (non-hydrogen) atoms. The summed E-state index contributed by atoms with van der Waals surface area (Å²) in [4.78, 5) is 0. The van der Waals surface area contributed by atoms with Crippen LogP contribution in [0.25, 0.3) is 0 Å². The summed E-state index contributed by atoms with van der Waals surface area (Å²) in [5, 5.41) is 4.72. The first-order chi connectivity index (χ1) is 16.8. The van der Waals surface area contributed by atoms with Crippen LogP contribution in [0.5, 0.6) is 0 Å². The molecule has 0 heterocycles. The van der Waals surface area contributed by atoms with Crippen LogP contribution in [0.2, 0.25) is 0 Å². The first kappa shape index (κ1) is 26.7. The average Bonchev–Trinajstić information content (AvgIpc) is 2.91. The van der Waals surface area contributed by atoms with E-state index in [1.165, 1.54) is 83.0 Å². The van der Waals surface area contributed by atoms with Gasteiger partial charge in [-0.3, -0.25) is 0 Å². The Balaban J connectivity index is 1.88. The molecule has 184 valence electrons. The van der Waals surface area contributed by atoms with Crippen molar-refractivity contribution < 1.29 is 0 Å². The fourth-order valence-corrected chi connectivity index (χ4v) is 13.4. The third-order valence-electron chi connectivity index (χ3n) is 7.86. The van der Waals surface area contributed by atoms with Crippen molar-refractivity contribution in [3.63, 3.8) is 0 Å². The average molecular weight is 475 g/mol. The van der Waals surface area contributed by atoms with E-state index in [0.29, 0.717) is 0 Å². The van der Waals surface area contributed by atoms with Crippen LogP contribution >= 0.6 is 6.60 Å². The van der Waals surface area contributed by atoms with Crippen LogP contribution in [-0.2, 0) is 0 Å². The monoisotopic (exact) mass is 474 g/mol. The molecule has 0 saturated carbocycles. The number of rotatable bonds is 16. The van der Waals surface area contributed by atoms with Crippen molar-refractivity contribution >= 4 is 22.5 Å². The second kappa shape index (κ2) is 13.8. The third-order valence-corrected chi connectivity index (χ3v) is 15.2. The maximum atomic E-state index is 2.43. The van der Waals surface area contributed by atoms with Crippen molar-refractivity contribution in [3.8, 4) is 0 Å². The van der Waals surface area contributed by atoms with E-state index in [-0.39, 0.29) is 0 Å². The van der Waals surface area contributed by atoms with Crippen molar-refractivity contribution in [2.24, 2.45) is 0 Å². The minimum atomic E-state index is -2.58. The van der Waals surface area contributed by atoms with Crippen LogP contribution in [0.3, 0.4) is 0 Å². The molecule has 0 amide bonds. The summed E-state index contributed by atoms with van der Waals surface area (Å²) in [6, 6.07) is 34.7. The molecule has 0 aromatic heterocycles. The van der Waals surface area contributed by atoms with Gasteiger partial charge in [0.1, 0.15) is 0 Å². The van der Waals surface area contributed by atoms with E-state index in [9.17, 15) is 0 Å². The van der Waals surface area contributed by atoms with Crippen LogP contribution in [0.4, 0.5) is 0 Å². The molecule has 1 heteroatoms. The van der Waals surface area contributed by atoms with E-state index in [4.69, 9.17) is 0 Å². The van der Waals surface area contributed by atoms with Crippen molar-refractivity contribution in [3.05, 3.63) is 91.0 Å². The van der Waals surface area contributed by atoms with Crippen LogP contribution < -0.4 is 15.9 Å². The molecule has 0 nitrogen and oxygen atoms in total. The van der Waals surface area contributed by atoms with Gasteiger partial charge >= 0.3 is 210 Å². The van der Waals surface area contributed by atoms with Gasteiger partial charge in [0.15, 0.2) is 0 Å². The zero-order valence-electron chi connectivity index (χ0n) is 21.8. The topological polar surface area (TPSA) is 0 Å². The number of hydrogen-bond donors (Lipinski definition) is 0. The van der Waals surface area contributed by atoms with Crippen LogP contribution in [-0.4, -0.2) is 12.3 Å². The van der Waals surface area contributed by atoms with E-state index < -0.39 is 6.60 Å². The fourth-order valence-electron chi connectivity index (χ4n) is 6.14. The molecule has 0 aliphatic carbocycles. The summed E-state index contributed by atoms with van der Waals surface area (Å²) in [5.74, 6) is 0. The zero-order valence-corrected chi connectivity index (χ0v) is 22.7. The zero-order chi connectivity index (χ0) is 24.0. The van der Waals surface area contributed by atoms with Crippen molar-refractivity contribution in [1.82, 2.24) is 0 Å². The second-order valence-corrected chi connectivity index (χ2v) is 15.6. The molecule has 0 unspecified atom stereocenters. The Morgan fingerprint density at radius 2 is 0.735 bits per heavy atom. The van der Waals surface area contributed by atoms with Crippen LogP contribution in [0.15, 0.2) is 91.0 Å². The molecular weight excluding hydrogens is 427 g/mol. The molecule has 0 aliphatic heterocycles. The number of benzene rings is 3. The summed E-state index contributed by atoms with van der Waals surface area (Å²) >= 11 is 0. The summed E-state index contributed by atoms with van der Waals surface area (Å²) in [5.41, 5.74) is 0. The first-order valence-corrected chi connectivity index (χ1v) is 16.6. The van der Waals surface area contributed by atoms with E-state index in [2.05, 4.69) is 105 Å². The fraction of sp³-hybridized carbons (Fsp3) is 0.455. The second-order valence-electron chi connectivity index (χ2n) is 10.1.